The Morgan fingerprint density at radius 1 is 1.39 bits per heavy atom. The third-order valence-corrected chi connectivity index (χ3v) is 4.12. The van der Waals surface area contributed by atoms with E-state index in [9.17, 15) is 13.2 Å². The van der Waals surface area contributed by atoms with Crippen molar-refractivity contribution >= 4 is 15.6 Å². The minimum absolute atomic E-state index is 0.0827. The van der Waals surface area contributed by atoms with Gasteiger partial charge in [0.05, 0.1) is 24.9 Å². The van der Waals surface area contributed by atoms with E-state index in [1.54, 1.807) is 0 Å². The Labute approximate surface area is 109 Å². The quantitative estimate of drug-likeness (QED) is 0.695. The van der Waals surface area contributed by atoms with Gasteiger partial charge in [0.1, 0.15) is 15.6 Å². The van der Waals surface area contributed by atoms with Crippen LogP contribution in [0.5, 0.6) is 0 Å². The molecule has 0 amide bonds. The molecule has 0 aromatic carbocycles. The Kier molecular flexibility index (Phi) is 6.25. The van der Waals surface area contributed by atoms with Crippen molar-refractivity contribution in [1.82, 2.24) is 5.32 Å². The summed E-state index contributed by atoms with van der Waals surface area (Å²) in [5, 5.41) is 3.30. The van der Waals surface area contributed by atoms with E-state index in [2.05, 4.69) is 12.2 Å². The number of carbonyl (C=O) groups is 1. The molecule has 0 aromatic heterocycles. The summed E-state index contributed by atoms with van der Waals surface area (Å²) in [6.45, 7) is 3.98. The lowest BCUT2D eigenvalue weighted by Crippen LogP contribution is -2.39. The number of Topliss-reactive ketones (excluding diaryl/α,β-unsaturated/α-hetero) is 1. The lowest BCUT2D eigenvalue weighted by molar-refractivity contribution is -0.123. The van der Waals surface area contributed by atoms with Crippen molar-refractivity contribution in [2.24, 2.45) is 5.92 Å². The van der Waals surface area contributed by atoms with Crippen LogP contribution in [-0.4, -0.2) is 52.0 Å². The van der Waals surface area contributed by atoms with E-state index < -0.39 is 9.84 Å². The fourth-order valence-corrected chi connectivity index (χ4v) is 2.77. The van der Waals surface area contributed by atoms with Gasteiger partial charge in [-0.15, -0.1) is 0 Å². The van der Waals surface area contributed by atoms with Crippen LogP contribution in [-0.2, 0) is 19.4 Å². The van der Waals surface area contributed by atoms with Crippen LogP contribution in [0.2, 0.25) is 0 Å². The van der Waals surface area contributed by atoms with E-state index in [4.69, 9.17) is 4.74 Å². The molecule has 1 aliphatic heterocycles. The van der Waals surface area contributed by atoms with E-state index >= 15 is 0 Å². The van der Waals surface area contributed by atoms with Crippen molar-refractivity contribution in [3.05, 3.63) is 0 Å². The average Bonchev–Trinajstić information content (AvgIpc) is 2.72. The van der Waals surface area contributed by atoms with Crippen molar-refractivity contribution in [3.63, 3.8) is 0 Å². The number of rotatable bonds is 8. The first kappa shape index (κ1) is 15.6. The van der Waals surface area contributed by atoms with Gasteiger partial charge in [-0.25, -0.2) is 8.42 Å². The molecule has 0 bridgehead atoms. The standard InChI is InChI=1S/C12H23NO4S/c1-3-6-13-11-9-17-8-10(11)12(14)5-4-7-18(2,15)16/h10-11,13H,3-9H2,1-2H3. The second-order valence-electron chi connectivity index (χ2n) is 4.90. The van der Waals surface area contributed by atoms with E-state index in [1.165, 1.54) is 6.26 Å². The number of ether oxygens (including phenoxy) is 1. The molecular formula is C12H23NO4S. The second kappa shape index (κ2) is 7.21. The smallest absolute Gasteiger partial charge is 0.147 e. The molecule has 1 fully saturated rings. The van der Waals surface area contributed by atoms with Gasteiger partial charge in [-0.1, -0.05) is 6.92 Å². The molecule has 1 saturated heterocycles. The highest BCUT2D eigenvalue weighted by molar-refractivity contribution is 7.90. The van der Waals surface area contributed by atoms with Crippen molar-refractivity contribution in [3.8, 4) is 0 Å². The molecular weight excluding hydrogens is 254 g/mol. The molecule has 0 spiro atoms. The molecule has 5 nitrogen and oxygen atoms in total. The fourth-order valence-electron chi connectivity index (χ4n) is 2.10. The fraction of sp³-hybridized carbons (Fsp3) is 0.917. The van der Waals surface area contributed by atoms with Crippen LogP contribution in [0.15, 0.2) is 0 Å². The Hall–Kier alpha value is -0.460. The minimum Gasteiger partial charge on any atom is -0.379 e. The molecule has 6 heteroatoms. The van der Waals surface area contributed by atoms with E-state index in [0.717, 1.165) is 13.0 Å². The van der Waals surface area contributed by atoms with Gasteiger partial charge >= 0.3 is 0 Å². The summed E-state index contributed by atoms with van der Waals surface area (Å²) >= 11 is 0. The third kappa shape index (κ3) is 5.46. The zero-order valence-corrected chi connectivity index (χ0v) is 12.0. The summed E-state index contributed by atoms with van der Waals surface area (Å²) < 4.78 is 27.3. The number of hydrogen-bond donors (Lipinski definition) is 1. The molecule has 1 heterocycles. The predicted octanol–water partition coefficient (Wildman–Crippen LogP) is 0.395. The molecule has 2 unspecified atom stereocenters. The average molecular weight is 277 g/mol. The van der Waals surface area contributed by atoms with Crippen molar-refractivity contribution in [2.75, 3.05) is 31.8 Å². The van der Waals surface area contributed by atoms with Gasteiger partial charge in [0.15, 0.2) is 0 Å². The maximum atomic E-state index is 12.0. The Morgan fingerprint density at radius 3 is 2.72 bits per heavy atom. The third-order valence-electron chi connectivity index (χ3n) is 3.09. The van der Waals surface area contributed by atoms with Gasteiger partial charge in [-0.2, -0.15) is 0 Å². The number of hydrogen-bond acceptors (Lipinski definition) is 5. The molecule has 1 rings (SSSR count). The summed E-state index contributed by atoms with van der Waals surface area (Å²) in [7, 11) is -2.97. The van der Waals surface area contributed by atoms with Crippen molar-refractivity contribution in [2.45, 2.75) is 32.2 Å². The summed E-state index contributed by atoms with van der Waals surface area (Å²) in [4.78, 5) is 12.0. The van der Waals surface area contributed by atoms with Crippen LogP contribution in [0.4, 0.5) is 0 Å². The number of ketones is 1. The highest BCUT2D eigenvalue weighted by Crippen LogP contribution is 2.17. The number of sulfone groups is 1. The van der Waals surface area contributed by atoms with E-state index in [1.807, 2.05) is 0 Å². The van der Waals surface area contributed by atoms with E-state index in [0.29, 0.717) is 26.1 Å². The summed E-state index contributed by atoms with van der Waals surface area (Å²) in [5.74, 6) is 0.0835. The Balaban J connectivity index is 2.35. The van der Waals surface area contributed by atoms with Crippen LogP contribution in [0, 0.1) is 5.92 Å². The molecule has 0 radical (unpaired) electrons. The van der Waals surface area contributed by atoms with Gasteiger partial charge in [0.25, 0.3) is 0 Å². The molecule has 0 aromatic rings. The molecule has 1 N–H and O–H groups in total. The van der Waals surface area contributed by atoms with Crippen molar-refractivity contribution < 1.29 is 17.9 Å². The first-order chi connectivity index (χ1) is 8.44. The lowest BCUT2D eigenvalue weighted by atomic mass is 9.95. The SMILES string of the molecule is CCCNC1COCC1C(=O)CCCS(C)(=O)=O. The largest absolute Gasteiger partial charge is 0.379 e. The molecule has 1 aliphatic rings. The summed E-state index contributed by atoms with van der Waals surface area (Å²) in [6, 6.07) is 0.0932. The molecule has 0 aliphatic carbocycles. The zero-order valence-electron chi connectivity index (χ0n) is 11.1. The highest BCUT2D eigenvalue weighted by Gasteiger charge is 2.32. The van der Waals surface area contributed by atoms with E-state index in [-0.39, 0.29) is 23.5 Å². The number of carbonyl (C=O) groups excluding carboxylic acids is 1. The van der Waals surface area contributed by atoms with Gasteiger partial charge in [0.2, 0.25) is 0 Å². The van der Waals surface area contributed by atoms with Crippen molar-refractivity contribution in [1.29, 1.82) is 0 Å². The normalized spacial score (nSPS) is 24.3. The molecule has 106 valence electrons. The van der Waals surface area contributed by atoms with Crippen LogP contribution in [0.25, 0.3) is 0 Å². The van der Waals surface area contributed by atoms with Crippen LogP contribution < -0.4 is 5.32 Å². The van der Waals surface area contributed by atoms with Gasteiger partial charge in [-0.3, -0.25) is 4.79 Å². The second-order valence-corrected chi connectivity index (χ2v) is 7.16. The molecule has 18 heavy (non-hydrogen) atoms. The summed E-state index contributed by atoms with van der Waals surface area (Å²) in [6.07, 6.45) is 2.95. The Morgan fingerprint density at radius 2 is 2.11 bits per heavy atom. The minimum atomic E-state index is -2.97. The number of nitrogens with one attached hydrogen (secondary N) is 1. The Bertz CT molecular complexity index is 366. The maximum absolute atomic E-state index is 12.0. The first-order valence-corrected chi connectivity index (χ1v) is 8.51. The first-order valence-electron chi connectivity index (χ1n) is 6.45. The molecule has 0 saturated carbocycles. The van der Waals surface area contributed by atoms with Gasteiger partial charge in [-0.05, 0) is 19.4 Å². The molecule has 2 atom stereocenters. The maximum Gasteiger partial charge on any atom is 0.147 e. The topological polar surface area (TPSA) is 72.5 Å². The van der Waals surface area contributed by atoms with Crippen LogP contribution >= 0.6 is 0 Å². The highest BCUT2D eigenvalue weighted by atomic mass is 32.2. The van der Waals surface area contributed by atoms with Gasteiger partial charge in [0, 0.05) is 18.7 Å². The van der Waals surface area contributed by atoms with Crippen LogP contribution in [0.3, 0.4) is 0 Å². The predicted molar refractivity (Wildman–Crippen MR) is 70.3 cm³/mol. The lowest BCUT2D eigenvalue weighted by Gasteiger charge is -2.17. The zero-order chi connectivity index (χ0) is 13.6. The van der Waals surface area contributed by atoms with Crippen LogP contribution in [0.1, 0.15) is 26.2 Å². The van der Waals surface area contributed by atoms with Gasteiger partial charge < -0.3 is 10.1 Å². The monoisotopic (exact) mass is 277 g/mol. The summed E-state index contributed by atoms with van der Waals surface area (Å²) in [5.41, 5.74) is 0.